The topological polar surface area (TPSA) is 101 Å². The first-order chi connectivity index (χ1) is 11.3. The monoisotopic (exact) mass is 325 g/mol. The Hall–Kier alpha value is -3.28. The van der Waals surface area contributed by atoms with Crippen molar-refractivity contribution in [3.63, 3.8) is 0 Å². The molecule has 0 heterocycles. The first kappa shape index (κ1) is 17.1. The summed E-state index contributed by atoms with van der Waals surface area (Å²) in [5.41, 5.74) is 1.10. The molecule has 6 heteroatoms. The van der Waals surface area contributed by atoms with E-state index in [1.807, 2.05) is 0 Å². The Morgan fingerprint density at radius 1 is 0.750 bits per heavy atom. The van der Waals surface area contributed by atoms with Crippen LogP contribution in [0, 0.1) is 0 Å². The van der Waals surface area contributed by atoms with Gasteiger partial charge in [0.2, 0.25) is 0 Å². The molecule has 0 aromatic heterocycles. The number of carbonyl (C=O) groups is 4. The van der Waals surface area contributed by atoms with E-state index in [0.29, 0.717) is 11.1 Å². The number of hydrogen-bond donors (Lipinski definition) is 2. The number of ketones is 2. The highest BCUT2D eigenvalue weighted by molar-refractivity contribution is 6.07. The van der Waals surface area contributed by atoms with Gasteiger partial charge in [0.15, 0.2) is 11.6 Å². The predicted octanol–water partition coefficient (Wildman–Crippen LogP) is 3.04. The zero-order chi connectivity index (χ0) is 17.9. The van der Waals surface area contributed by atoms with Gasteiger partial charge in [-0.25, -0.2) is 4.79 Å². The van der Waals surface area contributed by atoms with Crippen LogP contribution in [0.2, 0.25) is 0 Å². The molecule has 0 aliphatic heterocycles. The van der Waals surface area contributed by atoms with Gasteiger partial charge in [-0.15, -0.1) is 0 Å². The van der Waals surface area contributed by atoms with Gasteiger partial charge in [-0.1, -0.05) is 12.1 Å². The molecular formula is C18H15NO5. The van der Waals surface area contributed by atoms with Crippen LogP contribution >= 0.6 is 0 Å². The number of amides is 1. The van der Waals surface area contributed by atoms with Crippen molar-refractivity contribution in [3.05, 3.63) is 64.7 Å². The minimum Gasteiger partial charge on any atom is -0.478 e. The fourth-order valence-corrected chi connectivity index (χ4v) is 2.09. The van der Waals surface area contributed by atoms with Gasteiger partial charge in [-0.3, -0.25) is 14.4 Å². The quantitative estimate of drug-likeness (QED) is 0.823. The number of Topliss-reactive ketones (excluding diaryl/α,β-unsaturated/α-hetero) is 2. The molecule has 0 unspecified atom stereocenters. The van der Waals surface area contributed by atoms with Crippen molar-refractivity contribution in [2.24, 2.45) is 0 Å². The smallest absolute Gasteiger partial charge is 0.335 e. The lowest BCUT2D eigenvalue weighted by Gasteiger charge is -2.08. The van der Waals surface area contributed by atoms with Gasteiger partial charge < -0.3 is 10.4 Å². The third kappa shape index (κ3) is 3.92. The highest BCUT2D eigenvalue weighted by Crippen LogP contribution is 2.17. The molecule has 2 rings (SSSR count). The van der Waals surface area contributed by atoms with Crippen molar-refractivity contribution in [1.29, 1.82) is 0 Å². The third-order valence-corrected chi connectivity index (χ3v) is 3.40. The zero-order valence-electron chi connectivity index (χ0n) is 13.1. The van der Waals surface area contributed by atoms with Crippen molar-refractivity contribution in [2.75, 3.05) is 5.32 Å². The summed E-state index contributed by atoms with van der Waals surface area (Å²) in [5, 5.41) is 11.7. The summed E-state index contributed by atoms with van der Waals surface area (Å²) in [6.45, 7) is 2.74. The number of aromatic carboxylic acids is 1. The van der Waals surface area contributed by atoms with Crippen LogP contribution in [0.5, 0.6) is 0 Å². The first-order valence-corrected chi connectivity index (χ1v) is 7.09. The van der Waals surface area contributed by atoms with E-state index in [4.69, 9.17) is 5.11 Å². The van der Waals surface area contributed by atoms with E-state index in [-0.39, 0.29) is 28.4 Å². The molecule has 0 radical (unpaired) electrons. The third-order valence-electron chi connectivity index (χ3n) is 3.40. The number of carboxylic acid groups (broad SMARTS) is 1. The van der Waals surface area contributed by atoms with E-state index >= 15 is 0 Å². The number of anilines is 1. The van der Waals surface area contributed by atoms with Crippen LogP contribution in [-0.4, -0.2) is 28.5 Å². The second-order valence-corrected chi connectivity index (χ2v) is 5.25. The van der Waals surface area contributed by atoms with Crippen molar-refractivity contribution in [2.45, 2.75) is 13.8 Å². The van der Waals surface area contributed by atoms with Crippen LogP contribution in [0.1, 0.15) is 55.3 Å². The highest BCUT2D eigenvalue weighted by atomic mass is 16.4. The van der Waals surface area contributed by atoms with Crippen molar-refractivity contribution in [1.82, 2.24) is 0 Å². The summed E-state index contributed by atoms with van der Waals surface area (Å²) < 4.78 is 0. The van der Waals surface area contributed by atoms with Crippen LogP contribution in [0.3, 0.4) is 0 Å². The zero-order valence-corrected chi connectivity index (χ0v) is 13.1. The van der Waals surface area contributed by atoms with Gasteiger partial charge in [0.05, 0.1) is 5.56 Å². The second kappa shape index (κ2) is 6.87. The minimum absolute atomic E-state index is 0.0927. The maximum atomic E-state index is 12.2. The fourth-order valence-electron chi connectivity index (χ4n) is 2.09. The number of rotatable bonds is 5. The van der Waals surface area contributed by atoms with Gasteiger partial charge >= 0.3 is 5.97 Å². The van der Waals surface area contributed by atoms with Crippen LogP contribution in [0.25, 0.3) is 0 Å². The molecule has 2 aromatic rings. The Morgan fingerprint density at radius 3 is 1.75 bits per heavy atom. The van der Waals surface area contributed by atoms with Gasteiger partial charge in [0, 0.05) is 22.4 Å². The Balaban J connectivity index is 2.29. The lowest BCUT2D eigenvalue weighted by molar-refractivity contribution is 0.0696. The van der Waals surface area contributed by atoms with Gasteiger partial charge in [-0.05, 0) is 44.2 Å². The molecule has 0 saturated heterocycles. The molecule has 1 amide bonds. The van der Waals surface area contributed by atoms with E-state index < -0.39 is 11.9 Å². The molecule has 0 aliphatic rings. The van der Waals surface area contributed by atoms with Crippen molar-refractivity contribution in [3.8, 4) is 0 Å². The molecule has 122 valence electrons. The Morgan fingerprint density at radius 2 is 1.25 bits per heavy atom. The maximum Gasteiger partial charge on any atom is 0.335 e. The summed E-state index contributed by atoms with van der Waals surface area (Å²) in [6, 6.07) is 10.0. The molecule has 2 N–H and O–H groups in total. The standard InChI is InChI=1S/C18H15NO5/c1-10(20)12-3-5-13(6-4-12)17(22)19-16-8-14(11(2)21)7-15(9-16)18(23)24/h3-9H,1-2H3,(H,19,22)(H,23,24). The number of hydrogen-bond acceptors (Lipinski definition) is 4. The average Bonchev–Trinajstić information content (AvgIpc) is 2.54. The van der Waals surface area contributed by atoms with Gasteiger partial charge in [0.1, 0.15) is 0 Å². The molecular weight excluding hydrogens is 310 g/mol. The summed E-state index contributed by atoms with van der Waals surface area (Å²) in [7, 11) is 0. The molecule has 0 atom stereocenters. The maximum absolute atomic E-state index is 12.2. The molecule has 0 spiro atoms. The summed E-state index contributed by atoms with van der Waals surface area (Å²) in [5.74, 6) is -2.08. The predicted molar refractivity (Wildman–Crippen MR) is 87.8 cm³/mol. The van der Waals surface area contributed by atoms with Crippen LogP contribution in [0.4, 0.5) is 5.69 Å². The van der Waals surface area contributed by atoms with E-state index in [2.05, 4.69) is 5.32 Å². The average molecular weight is 325 g/mol. The van der Waals surface area contributed by atoms with Gasteiger partial charge in [-0.2, -0.15) is 0 Å². The number of benzene rings is 2. The SMILES string of the molecule is CC(=O)c1ccc(C(=O)Nc2cc(C(C)=O)cc(C(=O)O)c2)cc1. The lowest BCUT2D eigenvalue weighted by atomic mass is 10.1. The fraction of sp³-hybridized carbons (Fsp3) is 0.111. The number of carboxylic acids is 1. The van der Waals surface area contributed by atoms with E-state index in [1.54, 1.807) is 0 Å². The molecule has 0 fully saturated rings. The van der Waals surface area contributed by atoms with Crippen molar-refractivity contribution < 1.29 is 24.3 Å². The normalized spacial score (nSPS) is 10.1. The van der Waals surface area contributed by atoms with E-state index in [0.717, 1.165) is 0 Å². The highest BCUT2D eigenvalue weighted by Gasteiger charge is 2.13. The van der Waals surface area contributed by atoms with Crippen LogP contribution in [0.15, 0.2) is 42.5 Å². The number of nitrogens with one attached hydrogen (secondary N) is 1. The van der Waals surface area contributed by atoms with E-state index in [9.17, 15) is 19.2 Å². The van der Waals surface area contributed by atoms with Crippen LogP contribution < -0.4 is 5.32 Å². The summed E-state index contributed by atoms with van der Waals surface area (Å²) in [4.78, 5) is 46.1. The molecule has 0 saturated carbocycles. The van der Waals surface area contributed by atoms with Crippen LogP contribution in [-0.2, 0) is 0 Å². The summed E-state index contributed by atoms with van der Waals surface area (Å²) >= 11 is 0. The molecule has 2 aromatic carbocycles. The van der Waals surface area contributed by atoms with Crippen molar-refractivity contribution >= 4 is 29.1 Å². The lowest BCUT2D eigenvalue weighted by Crippen LogP contribution is -2.13. The summed E-state index contributed by atoms with van der Waals surface area (Å²) in [6.07, 6.45) is 0. The molecule has 0 aliphatic carbocycles. The Bertz CT molecular complexity index is 805. The Kier molecular flexibility index (Phi) is 4.89. The molecule has 6 nitrogen and oxygen atoms in total. The Labute approximate surface area is 138 Å². The van der Waals surface area contributed by atoms with E-state index in [1.165, 1.54) is 56.3 Å². The number of carbonyl (C=O) groups excluding carboxylic acids is 3. The minimum atomic E-state index is -1.19. The first-order valence-electron chi connectivity index (χ1n) is 7.09. The molecule has 0 bridgehead atoms. The second-order valence-electron chi connectivity index (χ2n) is 5.25. The van der Waals surface area contributed by atoms with Gasteiger partial charge in [0.25, 0.3) is 5.91 Å². The molecule has 24 heavy (non-hydrogen) atoms. The largest absolute Gasteiger partial charge is 0.478 e.